The minimum atomic E-state index is -4.56. The largest absolute Gasteiger partial charge is 0.433 e. The molecule has 0 radical (unpaired) electrons. The van der Waals surface area contributed by atoms with Crippen LogP contribution in [0.4, 0.5) is 19.0 Å². The van der Waals surface area contributed by atoms with Gasteiger partial charge in [-0.25, -0.2) is 4.98 Å². The van der Waals surface area contributed by atoms with Gasteiger partial charge in [-0.2, -0.15) is 13.2 Å². The SMILES string of the molecule is NC(=O)CCCNc1nc(C(F)(F)F)ccc1C(N)=S. The maximum absolute atomic E-state index is 12.6. The second-order valence-corrected chi connectivity index (χ2v) is 4.39. The average Bonchev–Trinajstić information content (AvgIpc) is 2.32. The first kappa shape index (κ1) is 16.2. The Kier molecular flexibility index (Phi) is 5.26. The molecule has 1 heterocycles. The summed E-state index contributed by atoms with van der Waals surface area (Å²) < 4.78 is 37.7. The molecule has 1 rings (SSSR count). The number of thiocarbonyl (C=S) groups is 1. The van der Waals surface area contributed by atoms with E-state index in [1.165, 1.54) is 0 Å². The average molecular weight is 306 g/mol. The van der Waals surface area contributed by atoms with E-state index in [0.717, 1.165) is 12.1 Å². The number of aromatic nitrogens is 1. The van der Waals surface area contributed by atoms with E-state index in [4.69, 9.17) is 23.7 Å². The quantitative estimate of drug-likeness (QED) is 0.546. The van der Waals surface area contributed by atoms with Crippen molar-refractivity contribution in [2.45, 2.75) is 19.0 Å². The Morgan fingerprint density at radius 3 is 2.50 bits per heavy atom. The molecule has 0 aliphatic rings. The highest BCUT2D eigenvalue weighted by molar-refractivity contribution is 7.80. The molecule has 110 valence electrons. The minimum Gasteiger partial charge on any atom is -0.389 e. The van der Waals surface area contributed by atoms with Gasteiger partial charge in [-0.15, -0.1) is 0 Å². The maximum atomic E-state index is 12.6. The van der Waals surface area contributed by atoms with Crippen molar-refractivity contribution in [1.29, 1.82) is 0 Å². The number of amides is 1. The highest BCUT2D eigenvalue weighted by Gasteiger charge is 2.33. The van der Waals surface area contributed by atoms with E-state index in [9.17, 15) is 18.0 Å². The van der Waals surface area contributed by atoms with Crippen LogP contribution in [0.2, 0.25) is 0 Å². The summed E-state index contributed by atoms with van der Waals surface area (Å²) in [6.45, 7) is 0.229. The Labute approximate surface area is 118 Å². The zero-order chi connectivity index (χ0) is 15.3. The third-order valence-corrected chi connectivity index (χ3v) is 2.56. The number of halogens is 3. The number of primary amides is 1. The number of rotatable bonds is 6. The van der Waals surface area contributed by atoms with Gasteiger partial charge < -0.3 is 16.8 Å². The minimum absolute atomic E-state index is 0.0585. The van der Waals surface area contributed by atoms with Crippen LogP contribution in [0.1, 0.15) is 24.1 Å². The van der Waals surface area contributed by atoms with Gasteiger partial charge in [-0.3, -0.25) is 4.79 Å². The van der Waals surface area contributed by atoms with Crippen LogP contribution in [0.15, 0.2) is 12.1 Å². The van der Waals surface area contributed by atoms with Crippen LogP contribution in [0.25, 0.3) is 0 Å². The van der Waals surface area contributed by atoms with E-state index < -0.39 is 17.8 Å². The van der Waals surface area contributed by atoms with Crippen molar-refractivity contribution >= 4 is 28.9 Å². The highest BCUT2D eigenvalue weighted by atomic mass is 32.1. The van der Waals surface area contributed by atoms with Crippen LogP contribution in [0, 0.1) is 0 Å². The van der Waals surface area contributed by atoms with Crippen molar-refractivity contribution in [3.63, 3.8) is 0 Å². The first-order chi connectivity index (χ1) is 9.21. The Bertz CT molecular complexity index is 519. The number of hydrogen-bond acceptors (Lipinski definition) is 4. The molecule has 9 heteroatoms. The predicted octanol–water partition coefficient (Wildman–Crippen LogP) is 1.41. The van der Waals surface area contributed by atoms with Gasteiger partial charge in [0.15, 0.2) is 0 Å². The van der Waals surface area contributed by atoms with Crippen LogP contribution in [-0.2, 0) is 11.0 Å². The van der Waals surface area contributed by atoms with Crippen LogP contribution in [0.5, 0.6) is 0 Å². The van der Waals surface area contributed by atoms with Gasteiger partial charge in [-0.1, -0.05) is 12.2 Å². The first-order valence-corrected chi connectivity index (χ1v) is 6.03. The molecular weight excluding hydrogens is 293 g/mol. The van der Waals surface area contributed by atoms with Gasteiger partial charge in [0.05, 0.1) is 5.56 Å². The lowest BCUT2D eigenvalue weighted by molar-refractivity contribution is -0.141. The Hall–Kier alpha value is -1.90. The molecule has 0 saturated carbocycles. The maximum Gasteiger partial charge on any atom is 0.433 e. The topological polar surface area (TPSA) is 94.0 Å². The van der Waals surface area contributed by atoms with Gasteiger partial charge in [-0.05, 0) is 18.6 Å². The third-order valence-electron chi connectivity index (χ3n) is 2.34. The van der Waals surface area contributed by atoms with Crippen molar-refractivity contribution in [3.05, 3.63) is 23.4 Å². The van der Waals surface area contributed by atoms with Gasteiger partial charge in [0.25, 0.3) is 0 Å². The number of carbonyl (C=O) groups is 1. The number of alkyl halides is 3. The Morgan fingerprint density at radius 2 is 2.00 bits per heavy atom. The Balaban J connectivity index is 2.89. The fourth-order valence-corrected chi connectivity index (χ4v) is 1.58. The summed E-state index contributed by atoms with van der Waals surface area (Å²) in [4.78, 5) is 14.0. The number of nitrogens with zero attached hydrogens (tertiary/aromatic N) is 1. The fraction of sp³-hybridized carbons (Fsp3) is 0.364. The molecule has 0 spiro atoms. The van der Waals surface area contributed by atoms with E-state index in [0.29, 0.717) is 6.42 Å². The van der Waals surface area contributed by atoms with Gasteiger partial charge in [0, 0.05) is 13.0 Å². The number of pyridine rings is 1. The summed E-state index contributed by atoms with van der Waals surface area (Å²) in [7, 11) is 0. The lowest BCUT2D eigenvalue weighted by Gasteiger charge is -2.13. The first-order valence-electron chi connectivity index (χ1n) is 5.62. The molecule has 0 bridgehead atoms. The van der Waals surface area contributed by atoms with Gasteiger partial charge in [0.2, 0.25) is 5.91 Å². The molecule has 0 atom stereocenters. The van der Waals surface area contributed by atoms with Crippen LogP contribution >= 0.6 is 12.2 Å². The molecule has 0 aromatic carbocycles. The Morgan fingerprint density at radius 1 is 1.35 bits per heavy atom. The van der Waals surface area contributed by atoms with Crippen molar-refractivity contribution < 1.29 is 18.0 Å². The molecule has 1 aromatic heterocycles. The molecule has 1 amide bonds. The van der Waals surface area contributed by atoms with Crippen molar-refractivity contribution in [2.75, 3.05) is 11.9 Å². The van der Waals surface area contributed by atoms with E-state index >= 15 is 0 Å². The summed E-state index contributed by atoms with van der Waals surface area (Å²) in [6, 6.07) is 1.97. The molecule has 0 saturated heterocycles. The second kappa shape index (κ2) is 6.51. The monoisotopic (exact) mass is 306 g/mol. The normalized spacial score (nSPS) is 11.2. The number of hydrogen-bond donors (Lipinski definition) is 3. The summed E-state index contributed by atoms with van der Waals surface area (Å²) in [5.41, 5.74) is 9.55. The molecule has 1 aromatic rings. The lowest BCUT2D eigenvalue weighted by Crippen LogP contribution is -2.19. The molecule has 5 nitrogen and oxygen atoms in total. The van der Waals surface area contributed by atoms with E-state index in [-0.39, 0.29) is 29.3 Å². The molecule has 5 N–H and O–H groups in total. The second-order valence-electron chi connectivity index (χ2n) is 3.95. The van der Waals surface area contributed by atoms with E-state index in [1.807, 2.05) is 0 Å². The molecule has 0 aliphatic heterocycles. The molecule has 0 fully saturated rings. The molecule has 20 heavy (non-hydrogen) atoms. The molecule has 0 aliphatic carbocycles. The van der Waals surface area contributed by atoms with Crippen LogP contribution in [-0.4, -0.2) is 22.4 Å². The fourth-order valence-electron chi connectivity index (χ4n) is 1.42. The zero-order valence-electron chi connectivity index (χ0n) is 10.3. The number of nitrogens with two attached hydrogens (primary N) is 2. The number of carbonyl (C=O) groups excluding carboxylic acids is 1. The third kappa shape index (κ3) is 4.65. The number of anilines is 1. The summed E-state index contributed by atoms with van der Waals surface area (Å²) in [6.07, 6.45) is -4.07. The van der Waals surface area contributed by atoms with Crippen LogP contribution in [0.3, 0.4) is 0 Å². The highest BCUT2D eigenvalue weighted by Crippen LogP contribution is 2.29. The lowest BCUT2D eigenvalue weighted by atomic mass is 10.2. The zero-order valence-corrected chi connectivity index (χ0v) is 11.1. The summed E-state index contributed by atoms with van der Waals surface area (Å²) in [5.74, 6) is -0.546. The van der Waals surface area contributed by atoms with Crippen molar-refractivity contribution in [2.24, 2.45) is 11.5 Å². The smallest absolute Gasteiger partial charge is 0.389 e. The van der Waals surface area contributed by atoms with Crippen molar-refractivity contribution in [1.82, 2.24) is 4.98 Å². The van der Waals surface area contributed by atoms with Gasteiger partial charge >= 0.3 is 6.18 Å². The van der Waals surface area contributed by atoms with Crippen molar-refractivity contribution in [3.8, 4) is 0 Å². The predicted molar refractivity (Wildman–Crippen MR) is 72.0 cm³/mol. The van der Waals surface area contributed by atoms with E-state index in [2.05, 4.69) is 10.3 Å². The molecular formula is C11H13F3N4OS. The van der Waals surface area contributed by atoms with Gasteiger partial charge in [0.1, 0.15) is 16.5 Å². The van der Waals surface area contributed by atoms with E-state index in [1.54, 1.807) is 0 Å². The summed E-state index contributed by atoms with van der Waals surface area (Å²) >= 11 is 4.75. The molecule has 0 unspecified atom stereocenters. The standard InChI is InChI=1S/C11H13F3N4OS/c12-11(13,14)7-4-3-6(9(16)20)10(18-7)17-5-1-2-8(15)19/h3-4H,1-2,5H2,(H2,15,19)(H2,16,20)(H,17,18). The summed E-state index contributed by atoms with van der Waals surface area (Å²) in [5, 5.41) is 2.68. The van der Waals surface area contributed by atoms with Crippen LogP contribution < -0.4 is 16.8 Å². The number of nitrogens with one attached hydrogen (secondary N) is 1.